The third-order valence-electron chi connectivity index (χ3n) is 3.31. The van der Waals surface area contributed by atoms with Crippen molar-refractivity contribution in [2.75, 3.05) is 19.8 Å². The first-order chi connectivity index (χ1) is 10.8. The molecule has 1 fully saturated rings. The normalized spacial score (nSPS) is 16.4. The highest BCUT2D eigenvalue weighted by molar-refractivity contribution is 6.33. The summed E-state index contributed by atoms with van der Waals surface area (Å²) in [6.07, 6.45) is 8.94. The first kappa shape index (κ1) is 15.1. The fourth-order valence-corrected chi connectivity index (χ4v) is 2.36. The Hall–Kier alpha value is -1.76. The van der Waals surface area contributed by atoms with Crippen LogP contribution in [0, 0.1) is 0 Å². The smallest absolute Gasteiger partial charge is 0.250 e. The topological polar surface area (TPSA) is 70.3 Å². The van der Waals surface area contributed by atoms with Crippen LogP contribution in [0.1, 0.15) is 18.7 Å². The highest BCUT2D eigenvalue weighted by Gasteiger charge is 2.13. The molecule has 22 heavy (non-hydrogen) atoms. The minimum atomic E-state index is 0.271. The van der Waals surface area contributed by atoms with E-state index < -0.39 is 0 Å². The number of nitrogens with zero attached hydrogens (tertiary/aromatic N) is 3. The van der Waals surface area contributed by atoms with E-state index in [2.05, 4.69) is 15.1 Å². The van der Waals surface area contributed by atoms with Crippen molar-refractivity contribution in [3.8, 4) is 11.4 Å². The number of rotatable bonds is 5. The summed E-state index contributed by atoms with van der Waals surface area (Å²) in [6.45, 7) is 2.06. The maximum absolute atomic E-state index is 6.05. The molecule has 0 aliphatic carbocycles. The Bertz CT molecular complexity index is 638. The van der Waals surface area contributed by atoms with E-state index in [0.29, 0.717) is 28.9 Å². The molecule has 1 aliphatic rings. The zero-order valence-corrected chi connectivity index (χ0v) is 12.7. The quantitative estimate of drug-likeness (QED) is 0.843. The van der Waals surface area contributed by atoms with Gasteiger partial charge in [-0.3, -0.25) is 4.98 Å². The number of hydrogen-bond acceptors (Lipinski definition) is 6. The lowest BCUT2D eigenvalue weighted by Gasteiger charge is -2.21. The monoisotopic (exact) mass is 321 g/mol. The summed E-state index contributed by atoms with van der Waals surface area (Å²) in [7, 11) is 0. The van der Waals surface area contributed by atoms with Gasteiger partial charge in [-0.05, 0) is 18.9 Å². The number of pyridine rings is 1. The highest BCUT2D eigenvalue weighted by atomic mass is 35.5. The van der Waals surface area contributed by atoms with Crippen molar-refractivity contribution in [2.45, 2.75) is 18.9 Å². The molecule has 1 saturated heterocycles. The molecule has 0 unspecified atom stereocenters. The first-order valence-corrected chi connectivity index (χ1v) is 7.50. The molecule has 0 atom stereocenters. The Morgan fingerprint density at radius 3 is 3.05 bits per heavy atom. The fraction of sp³-hybridized carbons (Fsp3) is 0.400. The Morgan fingerprint density at radius 1 is 1.36 bits per heavy atom. The van der Waals surface area contributed by atoms with Gasteiger partial charge in [0.1, 0.15) is 0 Å². The van der Waals surface area contributed by atoms with Gasteiger partial charge in [-0.1, -0.05) is 22.8 Å². The second-order valence-electron chi connectivity index (χ2n) is 4.86. The van der Waals surface area contributed by atoms with Crippen molar-refractivity contribution in [2.24, 2.45) is 0 Å². The maximum Gasteiger partial charge on any atom is 0.250 e. The zero-order valence-electron chi connectivity index (χ0n) is 11.9. The van der Waals surface area contributed by atoms with E-state index in [9.17, 15) is 0 Å². The number of hydrogen-bond donors (Lipinski definition) is 0. The van der Waals surface area contributed by atoms with E-state index in [-0.39, 0.29) is 6.10 Å². The van der Waals surface area contributed by atoms with Gasteiger partial charge in [0.05, 0.1) is 17.7 Å². The van der Waals surface area contributed by atoms with Gasteiger partial charge in [0, 0.05) is 37.2 Å². The molecule has 0 N–H and O–H groups in total. The molecular weight excluding hydrogens is 306 g/mol. The van der Waals surface area contributed by atoms with Gasteiger partial charge in [-0.25, -0.2) is 0 Å². The van der Waals surface area contributed by atoms with Gasteiger partial charge in [0.25, 0.3) is 5.89 Å². The fourth-order valence-electron chi connectivity index (χ4n) is 2.15. The van der Waals surface area contributed by atoms with Crippen LogP contribution < -0.4 is 0 Å². The van der Waals surface area contributed by atoms with E-state index in [4.69, 9.17) is 25.6 Å². The van der Waals surface area contributed by atoms with Crippen LogP contribution in [0.15, 0.2) is 29.1 Å². The van der Waals surface area contributed by atoms with Gasteiger partial charge in [0.15, 0.2) is 0 Å². The Morgan fingerprint density at radius 2 is 2.23 bits per heavy atom. The molecule has 0 saturated carbocycles. The maximum atomic E-state index is 6.05. The minimum absolute atomic E-state index is 0.271. The molecule has 0 bridgehead atoms. The molecule has 1 aliphatic heterocycles. The van der Waals surface area contributed by atoms with E-state index in [1.54, 1.807) is 24.5 Å². The van der Waals surface area contributed by atoms with Crippen LogP contribution >= 0.6 is 11.6 Å². The van der Waals surface area contributed by atoms with Gasteiger partial charge in [-0.15, -0.1) is 0 Å². The highest BCUT2D eigenvalue weighted by Crippen LogP contribution is 2.24. The van der Waals surface area contributed by atoms with Gasteiger partial charge >= 0.3 is 0 Å². The predicted molar refractivity (Wildman–Crippen MR) is 81.4 cm³/mol. The molecule has 0 amide bonds. The third-order valence-corrected chi connectivity index (χ3v) is 3.61. The molecule has 6 nitrogen and oxygen atoms in total. The third kappa shape index (κ3) is 3.91. The van der Waals surface area contributed by atoms with Crippen molar-refractivity contribution in [1.29, 1.82) is 0 Å². The van der Waals surface area contributed by atoms with Crippen molar-refractivity contribution in [1.82, 2.24) is 15.1 Å². The van der Waals surface area contributed by atoms with Crippen molar-refractivity contribution >= 4 is 17.7 Å². The van der Waals surface area contributed by atoms with Gasteiger partial charge in [-0.2, -0.15) is 4.98 Å². The molecule has 3 heterocycles. The Kier molecular flexibility index (Phi) is 5.15. The number of aromatic nitrogens is 3. The van der Waals surface area contributed by atoms with E-state index in [0.717, 1.165) is 26.1 Å². The molecule has 7 heteroatoms. The van der Waals surface area contributed by atoms with Crippen molar-refractivity contribution in [3.05, 3.63) is 35.4 Å². The second-order valence-corrected chi connectivity index (χ2v) is 5.27. The standard InChI is InChI=1S/C15H16ClN3O3/c16-13-10-17-6-3-12(13)15-18-14(22-19-15)2-1-7-21-11-4-8-20-9-5-11/h1-3,6,10-11H,4-5,7-9H2/b2-1+. The SMILES string of the molecule is Clc1cnccc1-c1noc(/C=C/COC2CCOCC2)n1. The van der Waals surface area contributed by atoms with Gasteiger partial charge in [0.2, 0.25) is 5.82 Å². The predicted octanol–water partition coefficient (Wildman–Crippen LogP) is 2.99. The molecule has 2 aromatic rings. The van der Waals surface area contributed by atoms with E-state index in [1.165, 1.54) is 0 Å². The van der Waals surface area contributed by atoms with Crippen LogP contribution in [-0.2, 0) is 9.47 Å². The van der Waals surface area contributed by atoms with E-state index in [1.807, 2.05) is 6.08 Å². The first-order valence-electron chi connectivity index (χ1n) is 7.12. The zero-order chi connectivity index (χ0) is 15.2. The van der Waals surface area contributed by atoms with Crippen molar-refractivity contribution < 1.29 is 14.0 Å². The van der Waals surface area contributed by atoms with Crippen LogP contribution in [0.25, 0.3) is 17.5 Å². The summed E-state index contributed by atoms with van der Waals surface area (Å²) < 4.78 is 16.2. The van der Waals surface area contributed by atoms with Crippen LogP contribution in [0.3, 0.4) is 0 Å². The summed E-state index contributed by atoms with van der Waals surface area (Å²) in [5.41, 5.74) is 0.693. The second kappa shape index (κ2) is 7.49. The average Bonchev–Trinajstić information content (AvgIpc) is 3.02. The van der Waals surface area contributed by atoms with Crippen LogP contribution in [-0.4, -0.2) is 41.0 Å². The summed E-state index contributed by atoms with van der Waals surface area (Å²) in [6, 6.07) is 1.74. The average molecular weight is 322 g/mol. The molecule has 2 aromatic heterocycles. The van der Waals surface area contributed by atoms with Crippen LogP contribution in [0.5, 0.6) is 0 Å². The molecule has 0 spiro atoms. The number of ether oxygens (including phenoxy) is 2. The summed E-state index contributed by atoms with van der Waals surface area (Å²) in [4.78, 5) is 8.20. The van der Waals surface area contributed by atoms with Gasteiger partial charge < -0.3 is 14.0 Å². The lowest BCUT2D eigenvalue weighted by Crippen LogP contribution is -2.23. The lowest BCUT2D eigenvalue weighted by molar-refractivity contribution is -0.0221. The molecule has 116 valence electrons. The molecular formula is C15H16ClN3O3. The Balaban J connectivity index is 1.55. The molecule has 0 radical (unpaired) electrons. The van der Waals surface area contributed by atoms with Crippen LogP contribution in [0.4, 0.5) is 0 Å². The largest absolute Gasteiger partial charge is 0.381 e. The van der Waals surface area contributed by atoms with E-state index >= 15 is 0 Å². The van der Waals surface area contributed by atoms with Crippen molar-refractivity contribution in [3.63, 3.8) is 0 Å². The molecule has 0 aromatic carbocycles. The lowest BCUT2D eigenvalue weighted by atomic mass is 10.2. The van der Waals surface area contributed by atoms with Crippen LogP contribution in [0.2, 0.25) is 5.02 Å². The summed E-state index contributed by atoms with van der Waals surface area (Å²) in [5, 5.41) is 4.40. The number of halogens is 1. The Labute approximate surface area is 133 Å². The summed E-state index contributed by atoms with van der Waals surface area (Å²) >= 11 is 6.05. The minimum Gasteiger partial charge on any atom is -0.381 e. The molecule has 3 rings (SSSR count). The summed E-state index contributed by atoms with van der Waals surface area (Å²) in [5.74, 6) is 0.857.